The molecule has 5 nitrogen and oxygen atoms in total. The largest absolute Gasteiger partial charge is 0.331 e. The quantitative estimate of drug-likeness (QED) is 0.515. The summed E-state index contributed by atoms with van der Waals surface area (Å²) in [6.45, 7) is 4.00. The molecule has 0 aliphatic rings. The summed E-state index contributed by atoms with van der Waals surface area (Å²) in [4.78, 5) is 33.5. The molecular formula is C7H11N2O3P. The van der Waals surface area contributed by atoms with Crippen molar-refractivity contribution >= 4 is 15.7 Å². The van der Waals surface area contributed by atoms with Crippen LogP contribution in [-0.2, 0) is 0 Å². The predicted molar refractivity (Wildman–Crippen MR) is 53.2 cm³/mol. The SMILES string of the molecule is CC.O=Cc1cc(=O)[nH]c(=O)n1P. The van der Waals surface area contributed by atoms with E-state index in [1.54, 1.807) is 0 Å². The molecule has 0 spiro atoms. The summed E-state index contributed by atoms with van der Waals surface area (Å²) in [5.74, 6) is 0. The Kier molecular flexibility index (Phi) is 4.92. The molecule has 13 heavy (non-hydrogen) atoms. The first-order valence-electron chi connectivity index (χ1n) is 3.72. The van der Waals surface area contributed by atoms with Crippen LogP contribution in [0.25, 0.3) is 0 Å². The van der Waals surface area contributed by atoms with Gasteiger partial charge in [-0.15, -0.1) is 0 Å². The number of nitrogens with one attached hydrogen (secondary N) is 1. The number of hydrogen-bond donors (Lipinski definition) is 1. The number of aromatic nitrogens is 2. The van der Waals surface area contributed by atoms with Gasteiger partial charge in [0.1, 0.15) is 0 Å². The van der Waals surface area contributed by atoms with Crippen molar-refractivity contribution in [2.24, 2.45) is 0 Å². The number of hydrogen-bond acceptors (Lipinski definition) is 3. The number of carbonyl (C=O) groups excluding carboxylic acids is 1. The Morgan fingerprint density at radius 3 is 2.46 bits per heavy atom. The summed E-state index contributed by atoms with van der Waals surface area (Å²) >= 11 is 0. The van der Waals surface area contributed by atoms with Crippen LogP contribution < -0.4 is 11.2 Å². The second-order valence-corrected chi connectivity index (χ2v) is 2.37. The Bertz CT molecular complexity index is 393. The molecule has 72 valence electrons. The van der Waals surface area contributed by atoms with E-state index >= 15 is 0 Å². The van der Waals surface area contributed by atoms with E-state index in [1.165, 1.54) is 0 Å². The molecule has 0 aliphatic heterocycles. The fourth-order valence-electron chi connectivity index (χ4n) is 0.614. The molecule has 1 aromatic rings. The van der Waals surface area contributed by atoms with Crippen LogP contribution in [-0.4, -0.2) is 15.6 Å². The van der Waals surface area contributed by atoms with Crippen molar-refractivity contribution in [3.63, 3.8) is 0 Å². The fourth-order valence-corrected chi connectivity index (χ4v) is 0.814. The van der Waals surface area contributed by atoms with Crippen molar-refractivity contribution in [2.45, 2.75) is 13.8 Å². The Morgan fingerprint density at radius 1 is 1.46 bits per heavy atom. The first-order chi connectivity index (χ1) is 6.15. The molecule has 0 fully saturated rings. The minimum atomic E-state index is -0.621. The summed E-state index contributed by atoms with van der Waals surface area (Å²) in [7, 11) is 2.01. The van der Waals surface area contributed by atoms with E-state index in [9.17, 15) is 14.4 Å². The van der Waals surface area contributed by atoms with Gasteiger partial charge in [0, 0.05) is 6.07 Å². The Morgan fingerprint density at radius 2 is 2.00 bits per heavy atom. The lowest BCUT2D eigenvalue weighted by Gasteiger charge is -1.96. The number of rotatable bonds is 1. The van der Waals surface area contributed by atoms with Gasteiger partial charge in [-0.1, -0.05) is 13.8 Å². The molecule has 0 aliphatic carbocycles. The van der Waals surface area contributed by atoms with Crippen molar-refractivity contribution < 1.29 is 4.79 Å². The van der Waals surface area contributed by atoms with Crippen molar-refractivity contribution in [3.8, 4) is 0 Å². The van der Waals surface area contributed by atoms with Crippen molar-refractivity contribution in [2.75, 3.05) is 0 Å². The van der Waals surface area contributed by atoms with E-state index < -0.39 is 11.2 Å². The third kappa shape index (κ3) is 2.95. The Hall–Kier alpha value is -1.22. The second kappa shape index (κ2) is 5.43. The molecule has 0 bridgehead atoms. The zero-order chi connectivity index (χ0) is 10.4. The maximum atomic E-state index is 10.7. The van der Waals surface area contributed by atoms with E-state index in [4.69, 9.17) is 0 Å². The molecule has 0 saturated carbocycles. The van der Waals surface area contributed by atoms with Crippen LogP contribution in [0.1, 0.15) is 24.3 Å². The molecule has 1 heterocycles. The molecule has 6 heteroatoms. The molecular weight excluding hydrogens is 191 g/mol. The Balaban J connectivity index is 0.000000671. The highest BCUT2D eigenvalue weighted by molar-refractivity contribution is 7.14. The van der Waals surface area contributed by atoms with Crippen LogP contribution in [0.4, 0.5) is 0 Å². The van der Waals surface area contributed by atoms with Crippen LogP contribution in [0.5, 0.6) is 0 Å². The standard InChI is InChI=1S/C5H5N2O3P.C2H6/c8-2-3-1-4(9)6-5(10)7(3)11;1-2/h1-2H,11H2,(H,6,9,10);1-2H3. The third-order valence-corrected chi connectivity index (χ3v) is 1.66. The summed E-state index contributed by atoms with van der Waals surface area (Å²) in [6.07, 6.45) is 0.434. The molecule has 1 atom stereocenters. The smallest absolute Gasteiger partial charge is 0.296 e. The predicted octanol–water partition coefficient (Wildman–Crippen LogP) is 0.0135. The molecule has 0 amide bonds. The zero-order valence-corrected chi connectivity index (χ0v) is 8.56. The highest BCUT2D eigenvalue weighted by atomic mass is 31.0. The van der Waals surface area contributed by atoms with Crippen LogP contribution in [0.15, 0.2) is 15.7 Å². The molecule has 0 saturated heterocycles. The summed E-state index contributed by atoms with van der Waals surface area (Å²) in [5.41, 5.74) is -1.16. The molecule has 1 unspecified atom stereocenters. The van der Waals surface area contributed by atoms with Crippen LogP contribution in [0.3, 0.4) is 0 Å². The van der Waals surface area contributed by atoms with E-state index in [2.05, 4.69) is 0 Å². The van der Waals surface area contributed by atoms with Gasteiger partial charge in [0.15, 0.2) is 6.29 Å². The van der Waals surface area contributed by atoms with Gasteiger partial charge < -0.3 is 0 Å². The lowest BCUT2D eigenvalue weighted by atomic mass is 10.4. The van der Waals surface area contributed by atoms with Gasteiger partial charge in [0.25, 0.3) is 5.56 Å². The first-order valence-corrected chi connectivity index (χ1v) is 4.23. The summed E-state index contributed by atoms with van der Waals surface area (Å²) < 4.78 is 0.981. The van der Waals surface area contributed by atoms with Gasteiger partial charge in [-0.2, -0.15) is 0 Å². The lowest BCUT2D eigenvalue weighted by Crippen LogP contribution is -2.27. The molecule has 0 radical (unpaired) electrons. The minimum Gasteiger partial charge on any atom is -0.296 e. The minimum absolute atomic E-state index is 0.0313. The fraction of sp³-hybridized carbons (Fsp3) is 0.286. The number of aromatic amines is 1. The highest BCUT2D eigenvalue weighted by Crippen LogP contribution is 1.90. The van der Waals surface area contributed by atoms with Gasteiger partial charge in [0.2, 0.25) is 0 Å². The van der Waals surface area contributed by atoms with Crippen LogP contribution in [0, 0.1) is 0 Å². The van der Waals surface area contributed by atoms with Crippen LogP contribution in [0.2, 0.25) is 0 Å². The number of H-pyrrole nitrogens is 1. The maximum absolute atomic E-state index is 10.7. The first kappa shape index (κ1) is 11.8. The molecule has 0 aromatic carbocycles. The van der Waals surface area contributed by atoms with Gasteiger partial charge in [-0.05, 0) is 9.39 Å². The maximum Gasteiger partial charge on any atom is 0.331 e. The van der Waals surface area contributed by atoms with Gasteiger partial charge in [-0.3, -0.25) is 18.9 Å². The zero-order valence-electron chi connectivity index (χ0n) is 7.40. The monoisotopic (exact) mass is 202 g/mol. The molecule has 1 N–H and O–H groups in total. The summed E-state index contributed by atoms with van der Waals surface area (Å²) in [5, 5.41) is 0. The highest BCUT2D eigenvalue weighted by Gasteiger charge is 1.98. The van der Waals surface area contributed by atoms with Gasteiger partial charge in [0.05, 0.1) is 5.69 Å². The van der Waals surface area contributed by atoms with Crippen molar-refractivity contribution in [1.29, 1.82) is 0 Å². The van der Waals surface area contributed by atoms with Crippen LogP contribution >= 0.6 is 9.39 Å². The average Bonchev–Trinajstić information content (AvgIpc) is 2.14. The lowest BCUT2D eigenvalue weighted by molar-refractivity contribution is 0.111. The molecule has 1 aromatic heterocycles. The van der Waals surface area contributed by atoms with E-state index in [1.807, 2.05) is 28.2 Å². The van der Waals surface area contributed by atoms with E-state index in [0.29, 0.717) is 6.29 Å². The normalized spacial score (nSPS) is 8.54. The Labute approximate surface area is 77.1 Å². The van der Waals surface area contributed by atoms with E-state index in [-0.39, 0.29) is 5.69 Å². The third-order valence-electron chi connectivity index (χ3n) is 1.13. The number of carbonyl (C=O) groups is 1. The van der Waals surface area contributed by atoms with E-state index in [0.717, 1.165) is 10.4 Å². The van der Waals surface area contributed by atoms with Gasteiger partial charge in [-0.25, -0.2) is 4.79 Å². The summed E-state index contributed by atoms with van der Waals surface area (Å²) in [6, 6.07) is 1.04. The van der Waals surface area contributed by atoms with Crippen molar-refractivity contribution in [3.05, 3.63) is 32.6 Å². The average molecular weight is 202 g/mol. The number of nitrogens with zero attached hydrogens (tertiary/aromatic N) is 1. The second-order valence-electron chi connectivity index (χ2n) is 1.85. The van der Waals surface area contributed by atoms with Crippen molar-refractivity contribution in [1.82, 2.24) is 9.32 Å². The topological polar surface area (TPSA) is 71.9 Å². The number of aldehydes is 1. The van der Waals surface area contributed by atoms with Gasteiger partial charge >= 0.3 is 5.69 Å². The molecule has 1 rings (SSSR count).